The molecule has 0 aromatic heterocycles. The fraction of sp³-hybridized carbons (Fsp3) is 0.625. The van der Waals surface area contributed by atoms with Crippen molar-refractivity contribution < 1.29 is 74.5 Å². The van der Waals surface area contributed by atoms with Crippen molar-refractivity contribution in [2.24, 2.45) is 0 Å². The zero-order valence-corrected chi connectivity index (χ0v) is 17.9. The van der Waals surface area contributed by atoms with Gasteiger partial charge in [-0.25, -0.2) is 8.42 Å². The molecular weight excluding hydrogens is 533 g/mol. The molecule has 0 aliphatic rings. The summed E-state index contributed by atoms with van der Waals surface area (Å²) in [5, 5.41) is -7.63. The second-order valence-corrected chi connectivity index (χ2v) is 9.12. The molecular formula is C16H16F13NO3S. The van der Waals surface area contributed by atoms with Crippen molar-refractivity contribution in [2.45, 2.75) is 41.7 Å². The molecule has 0 bridgehead atoms. The van der Waals surface area contributed by atoms with Gasteiger partial charge in [-0.1, -0.05) is 30.3 Å². The lowest BCUT2D eigenvalue weighted by Gasteiger charge is -2.39. The Balaban J connectivity index is 0.000000818. The molecule has 4 nitrogen and oxygen atoms in total. The van der Waals surface area contributed by atoms with E-state index in [4.69, 9.17) is 0 Å². The van der Waals surface area contributed by atoms with Crippen LogP contribution >= 0.6 is 0 Å². The van der Waals surface area contributed by atoms with Gasteiger partial charge in [-0.05, 0) is 0 Å². The zero-order valence-electron chi connectivity index (χ0n) is 17.1. The van der Waals surface area contributed by atoms with Crippen LogP contribution in [0.4, 0.5) is 57.1 Å². The van der Waals surface area contributed by atoms with Gasteiger partial charge in [0.2, 0.25) is 0 Å². The predicted molar refractivity (Wildman–Crippen MR) is 88.7 cm³/mol. The molecule has 0 heterocycles. The first kappa shape index (κ1) is 32.2. The highest BCUT2D eigenvalue weighted by Crippen LogP contribution is 2.60. The Kier molecular flexibility index (Phi) is 8.83. The van der Waals surface area contributed by atoms with Gasteiger partial charge in [-0.3, -0.25) is 0 Å². The third-order valence-electron chi connectivity index (χ3n) is 3.72. The number of nitrogens with zero attached hydrogens (tertiary/aromatic N) is 1. The van der Waals surface area contributed by atoms with Gasteiger partial charge >= 0.3 is 35.1 Å². The summed E-state index contributed by atoms with van der Waals surface area (Å²) in [4.78, 5) is 0. The molecule has 200 valence electrons. The highest BCUT2D eigenvalue weighted by atomic mass is 32.2. The molecule has 1 aromatic rings. The average molecular weight is 549 g/mol. The van der Waals surface area contributed by atoms with Crippen LogP contribution in [0.5, 0.6) is 0 Å². The number of hydrogen-bond acceptors (Lipinski definition) is 3. The van der Waals surface area contributed by atoms with Gasteiger partial charge in [0.1, 0.15) is 6.54 Å². The fourth-order valence-corrected chi connectivity index (χ4v) is 2.49. The molecule has 0 amide bonds. The van der Waals surface area contributed by atoms with Crippen LogP contribution in [0.15, 0.2) is 30.3 Å². The molecule has 1 rings (SSSR count). The van der Waals surface area contributed by atoms with E-state index < -0.39 is 45.2 Å². The van der Waals surface area contributed by atoms with Gasteiger partial charge in [0.25, 0.3) is 0 Å². The summed E-state index contributed by atoms with van der Waals surface area (Å²) in [5.41, 5.74) is 1.40. The summed E-state index contributed by atoms with van der Waals surface area (Å²) < 4.78 is 190. The van der Waals surface area contributed by atoms with Gasteiger partial charge in [0, 0.05) is 5.56 Å². The van der Waals surface area contributed by atoms with Crippen molar-refractivity contribution in [1.82, 2.24) is 0 Å². The Labute approximate surface area is 184 Å². The first-order chi connectivity index (χ1) is 14.6. The number of hydrogen-bond donors (Lipinski definition) is 0. The first-order valence-corrected chi connectivity index (χ1v) is 9.74. The molecule has 0 radical (unpaired) electrons. The lowest BCUT2D eigenvalue weighted by Crippen LogP contribution is -2.71. The molecule has 0 saturated heterocycles. The molecule has 0 saturated carbocycles. The van der Waals surface area contributed by atoms with Crippen LogP contribution in [0.2, 0.25) is 0 Å². The topological polar surface area (TPSA) is 57.2 Å². The largest absolute Gasteiger partial charge is 0.743 e. The van der Waals surface area contributed by atoms with Crippen LogP contribution in [0.25, 0.3) is 0 Å². The maximum absolute atomic E-state index is 12.7. The van der Waals surface area contributed by atoms with Gasteiger partial charge in [-0.15, -0.1) is 0 Å². The summed E-state index contributed by atoms with van der Waals surface area (Å²) in [7, 11) is -1.25. The van der Waals surface area contributed by atoms with Crippen LogP contribution in [-0.4, -0.2) is 73.7 Å². The van der Waals surface area contributed by atoms with Crippen LogP contribution in [0.1, 0.15) is 5.56 Å². The van der Waals surface area contributed by atoms with E-state index >= 15 is 0 Å². The smallest absolute Gasteiger partial charge is 0.460 e. The lowest BCUT2D eigenvalue weighted by atomic mass is 9.98. The number of halogens is 13. The SMILES string of the molecule is C[N+](C)(C)Cc1ccccc1.O=S(=O)([O-])C(F)(F)C(F)(F)C(F)(F)C(F)(F)C(F)(F)C(F)(F)F. The number of rotatable bonds is 7. The summed E-state index contributed by atoms with van der Waals surface area (Å²) in [6.07, 6.45) is -7.61. The molecule has 0 unspecified atom stereocenters. The van der Waals surface area contributed by atoms with Crippen LogP contribution in [-0.2, 0) is 16.7 Å². The van der Waals surface area contributed by atoms with Crippen molar-refractivity contribution in [1.29, 1.82) is 0 Å². The van der Waals surface area contributed by atoms with E-state index in [1.807, 2.05) is 0 Å². The normalized spacial score (nSPS) is 15.0. The van der Waals surface area contributed by atoms with E-state index in [-0.39, 0.29) is 0 Å². The molecule has 0 fully saturated rings. The Hall–Kier alpha value is -1.82. The van der Waals surface area contributed by atoms with E-state index in [1.165, 1.54) is 5.56 Å². The van der Waals surface area contributed by atoms with E-state index in [0.717, 1.165) is 11.0 Å². The van der Waals surface area contributed by atoms with Gasteiger partial charge in [-0.2, -0.15) is 57.1 Å². The molecule has 0 atom stereocenters. The summed E-state index contributed by atoms with van der Waals surface area (Å²) in [6, 6.07) is 10.6. The van der Waals surface area contributed by atoms with Crippen molar-refractivity contribution in [3.63, 3.8) is 0 Å². The maximum atomic E-state index is 12.7. The minimum absolute atomic E-state index is 0.990. The second-order valence-electron chi connectivity index (χ2n) is 7.70. The molecule has 0 aliphatic carbocycles. The minimum atomic E-state index is -8.29. The van der Waals surface area contributed by atoms with Crippen LogP contribution in [0, 0.1) is 0 Å². The summed E-state index contributed by atoms with van der Waals surface area (Å²) >= 11 is 0. The first-order valence-electron chi connectivity index (χ1n) is 8.33. The molecule has 1 aromatic carbocycles. The number of quaternary nitrogens is 1. The molecule has 0 aliphatic heterocycles. The molecule has 18 heteroatoms. The van der Waals surface area contributed by atoms with E-state index in [9.17, 15) is 70.0 Å². The quantitative estimate of drug-likeness (QED) is 0.270. The Bertz CT molecular complexity index is 924. The zero-order chi connectivity index (χ0) is 27.8. The molecule has 0 spiro atoms. The van der Waals surface area contributed by atoms with Crippen molar-refractivity contribution in [2.75, 3.05) is 21.1 Å². The van der Waals surface area contributed by atoms with E-state index in [0.29, 0.717) is 0 Å². The summed E-state index contributed by atoms with van der Waals surface area (Å²) in [6.45, 7) is 1.10. The average Bonchev–Trinajstić information content (AvgIpc) is 2.59. The Morgan fingerprint density at radius 3 is 1.32 bits per heavy atom. The fourth-order valence-electron chi connectivity index (χ4n) is 2.04. The number of alkyl halides is 13. The van der Waals surface area contributed by atoms with Gasteiger partial charge < -0.3 is 9.04 Å². The highest BCUT2D eigenvalue weighted by molar-refractivity contribution is 7.86. The second kappa shape index (κ2) is 9.33. The van der Waals surface area contributed by atoms with Crippen LogP contribution < -0.4 is 0 Å². The van der Waals surface area contributed by atoms with E-state index in [2.05, 4.69) is 51.5 Å². The maximum Gasteiger partial charge on any atom is 0.460 e. The van der Waals surface area contributed by atoms with Crippen molar-refractivity contribution >= 4 is 10.1 Å². The summed E-state index contributed by atoms with van der Waals surface area (Å²) in [5.74, 6) is -32.6. The minimum Gasteiger partial charge on any atom is -0.743 e. The Morgan fingerprint density at radius 1 is 0.676 bits per heavy atom. The monoisotopic (exact) mass is 549 g/mol. The predicted octanol–water partition coefficient (Wildman–Crippen LogP) is 5.12. The van der Waals surface area contributed by atoms with E-state index in [1.54, 1.807) is 0 Å². The van der Waals surface area contributed by atoms with Crippen LogP contribution in [0.3, 0.4) is 0 Å². The van der Waals surface area contributed by atoms with Gasteiger partial charge in [0.05, 0.1) is 21.1 Å². The molecule has 34 heavy (non-hydrogen) atoms. The lowest BCUT2D eigenvalue weighted by molar-refractivity contribution is -0.884. The van der Waals surface area contributed by atoms with Crippen molar-refractivity contribution in [3.05, 3.63) is 35.9 Å². The third kappa shape index (κ3) is 6.05. The Morgan fingerprint density at radius 2 is 1.03 bits per heavy atom. The standard InChI is InChI=1S/C10H16N.C6HF13O3S/c1-11(2,3)9-10-7-5-4-6-8-10;7-1(8,3(11,12)5(15,16)17)2(9,10)4(13,14)6(18,19)23(20,21)22/h4-8H,9H2,1-3H3;(H,20,21,22)/q+1;/p-1. The van der Waals surface area contributed by atoms with Crippen molar-refractivity contribution in [3.8, 4) is 0 Å². The highest BCUT2D eigenvalue weighted by Gasteiger charge is 2.91. The third-order valence-corrected chi connectivity index (χ3v) is 4.60. The number of benzene rings is 1. The van der Waals surface area contributed by atoms with Gasteiger partial charge in [0.15, 0.2) is 10.1 Å². The molecule has 0 N–H and O–H groups in total.